The Kier molecular flexibility index (Phi) is 5.40. The monoisotopic (exact) mass is 400 g/mol. The molecule has 2 fully saturated rings. The molecule has 2 heterocycles. The van der Waals surface area contributed by atoms with Gasteiger partial charge in [-0.3, -0.25) is 9.59 Å². The Morgan fingerprint density at radius 1 is 1.18 bits per heavy atom. The van der Waals surface area contributed by atoms with Gasteiger partial charge >= 0.3 is 0 Å². The number of nitrogens with one attached hydrogen (secondary N) is 2. The van der Waals surface area contributed by atoms with Crippen molar-refractivity contribution in [2.45, 2.75) is 44.6 Å². The summed E-state index contributed by atoms with van der Waals surface area (Å²) in [5.74, 6) is -0.0577. The molecule has 28 heavy (non-hydrogen) atoms. The number of nitrogens with zero attached hydrogens (tertiary/aromatic N) is 2. The zero-order valence-corrected chi connectivity index (χ0v) is 16.5. The van der Waals surface area contributed by atoms with Crippen molar-refractivity contribution in [3.63, 3.8) is 0 Å². The number of aromatic nitrogens is 2. The fourth-order valence-corrected chi connectivity index (χ4v) is 4.41. The van der Waals surface area contributed by atoms with Crippen LogP contribution in [0.4, 0.5) is 0 Å². The molecule has 0 unspecified atom stereocenters. The number of aromatic amines is 1. The highest BCUT2D eigenvalue weighted by molar-refractivity contribution is 6.30. The van der Waals surface area contributed by atoms with Gasteiger partial charge in [0.2, 0.25) is 5.91 Å². The highest BCUT2D eigenvalue weighted by Crippen LogP contribution is 2.36. The predicted octanol–water partition coefficient (Wildman–Crippen LogP) is 3.20. The summed E-state index contributed by atoms with van der Waals surface area (Å²) in [6, 6.07) is 7.85. The molecule has 148 valence electrons. The number of imidazole rings is 1. The SMILES string of the molecule is O=C(c1cnc[nH]1)N1CC(Cc2ccc(Cl)cc2)(C(=O)NC2CCCCC2)C1. The van der Waals surface area contributed by atoms with Gasteiger partial charge in [-0.2, -0.15) is 0 Å². The number of hydrogen-bond acceptors (Lipinski definition) is 3. The Bertz CT molecular complexity index is 823. The van der Waals surface area contributed by atoms with E-state index in [0.29, 0.717) is 30.2 Å². The van der Waals surface area contributed by atoms with Crippen LogP contribution in [0.2, 0.25) is 5.02 Å². The largest absolute Gasteiger partial charge is 0.353 e. The van der Waals surface area contributed by atoms with Crippen LogP contribution >= 0.6 is 11.6 Å². The van der Waals surface area contributed by atoms with Crippen molar-refractivity contribution in [2.24, 2.45) is 5.41 Å². The van der Waals surface area contributed by atoms with Gasteiger partial charge in [-0.25, -0.2) is 4.98 Å². The molecular weight excluding hydrogens is 376 g/mol. The van der Waals surface area contributed by atoms with Crippen LogP contribution in [0.15, 0.2) is 36.8 Å². The number of hydrogen-bond donors (Lipinski definition) is 2. The molecule has 1 aliphatic carbocycles. The lowest BCUT2D eigenvalue weighted by Crippen LogP contribution is -2.66. The molecule has 1 saturated carbocycles. The lowest BCUT2D eigenvalue weighted by atomic mass is 9.73. The molecule has 2 aromatic rings. The number of rotatable bonds is 5. The summed E-state index contributed by atoms with van der Waals surface area (Å²) >= 11 is 6.00. The predicted molar refractivity (Wildman–Crippen MR) is 107 cm³/mol. The standard InChI is InChI=1S/C21H25ClN4O2/c22-16-8-6-15(7-9-16)10-21(20(28)25-17-4-2-1-3-5-17)12-26(13-21)19(27)18-11-23-14-24-18/h6-9,11,14,17H,1-5,10,12-13H2,(H,23,24)(H,25,28). The average molecular weight is 401 g/mol. The van der Waals surface area contributed by atoms with E-state index in [9.17, 15) is 9.59 Å². The molecule has 2 N–H and O–H groups in total. The van der Waals surface area contributed by atoms with Crippen molar-refractivity contribution in [3.05, 3.63) is 53.1 Å². The minimum absolute atomic E-state index is 0.0583. The van der Waals surface area contributed by atoms with Gasteiger partial charge < -0.3 is 15.2 Å². The number of benzene rings is 1. The van der Waals surface area contributed by atoms with Gasteiger partial charge in [0.25, 0.3) is 5.91 Å². The van der Waals surface area contributed by atoms with Crippen molar-refractivity contribution in [1.82, 2.24) is 20.2 Å². The molecule has 0 bridgehead atoms. The van der Waals surface area contributed by atoms with Gasteiger partial charge in [0, 0.05) is 24.2 Å². The summed E-state index contributed by atoms with van der Waals surface area (Å²) in [4.78, 5) is 34.3. The Hall–Kier alpha value is -2.34. The van der Waals surface area contributed by atoms with Gasteiger partial charge in [0.05, 0.1) is 17.9 Å². The molecule has 0 spiro atoms. The van der Waals surface area contributed by atoms with E-state index < -0.39 is 5.41 Å². The molecule has 7 heteroatoms. The molecule has 1 aromatic carbocycles. The van der Waals surface area contributed by atoms with E-state index in [4.69, 9.17) is 11.6 Å². The van der Waals surface area contributed by atoms with Gasteiger partial charge in [-0.15, -0.1) is 0 Å². The Labute approximate surface area is 169 Å². The minimum Gasteiger partial charge on any atom is -0.353 e. The maximum Gasteiger partial charge on any atom is 0.271 e. The Morgan fingerprint density at radius 3 is 2.54 bits per heavy atom. The van der Waals surface area contributed by atoms with Crippen molar-refractivity contribution in [2.75, 3.05) is 13.1 Å². The summed E-state index contributed by atoms with van der Waals surface area (Å²) in [6.07, 6.45) is 9.26. The second kappa shape index (κ2) is 7.95. The van der Waals surface area contributed by atoms with Gasteiger partial charge in [0.15, 0.2) is 0 Å². The van der Waals surface area contributed by atoms with Gasteiger partial charge in [0.1, 0.15) is 5.69 Å². The van der Waals surface area contributed by atoms with Gasteiger partial charge in [-0.1, -0.05) is 43.0 Å². The van der Waals surface area contributed by atoms with Crippen LogP contribution in [0.1, 0.15) is 48.2 Å². The maximum absolute atomic E-state index is 13.2. The van der Waals surface area contributed by atoms with Crippen molar-refractivity contribution in [1.29, 1.82) is 0 Å². The van der Waals surface area contributed by atoms with E-state index >= 15 is 0 Å². The molecule has 6 nitrogen and oxygen atoms in total. The van der Waals surface area contributed by atoms with Crippen molar-refractivity contribution >= 4 is 23.4 Å². The third-order valence-electron chi connectivity index (χ3n) is 5.88. The van der Waals surface area contributed by atoms with E-state index in [-0.39, 0.29) is 17.9 Å². The lowest BCUT2D eigenvalue weighted by Gasteiger charge is -2.49. The highest BCUT2D eigenvalue weighted by Gasteiger charge is 2.51. The summed E-state index contributed by atoms with van der Waals surface area (Å²) < 4.78 is 0. The first-order valence-corrected chi connectivity index (χ1v) is 10.3. The first-order chi connectivity index (χ1) is 13.6. The summed E-state index contributed by atoms with van der Waals surface area (Å²) in [7, 11) is 0. The Balaban J connectivity index is 1.49. The topological polar surface area (TPSA) is 78.1 Å². The molecule has 2 amide bonds. The number of H-pyrrole nitrogens is 1. The van der Waals surface area contributed by atoms with E-state index in [1.54, 1.807) is 4.90 Å². The molecule has 0 atom stereocenters. The molecule has 4 rings (SSSR count). The van der Waals surface area contributed by atoms with E-state index in [1.807, 2.05) is 24.3 Å². The summed E-state index contributed by atoms with van der Waals surface area (Å²) in [6.45, 7) is 0.818. The maximum atomic E-state index is 13.2. The van der Waals surface area contributed by atoms with Crippen LogP contribution in [0, 0.1) is 5.41 Å². The quantitative estimate of drug-likeness (QED) is 0.809. The molecule has 2 aliphatic rings. The van der Waals surface area contributed by atoms with Crippen LogP contribution in [-0.4, -0.2) is 45.8 Å². The van der Waals surface area contributed by atoms with E-state index in [0.717, 1.165) is 18.4 Å². The first kappa shape index (κ1) is 19.0. The summed E-state index contributed by atoms with van der Waals surface area (Å²) in [5, 5.41) is 3.94. The second-order valence-electron chi connectivity index (χ2n) is 8.02. The number of carbonyl (C=O) groups excluding carboxylic acids is 2. The van der Waals surface area contributed by atoms with Crippen molar-refractivity contribution in [3.8, 4) is 0 Å². The smallest absolute Gasteiger partial charge is 0.271 e. The number of likely N-dealkylation sites (tertiary alicyclic amines) is 1. The van der Waals surface area contributed by atoms with Crippen LogP contribution in [0.3, 0.4) is 0 Å². The first-order valence-electron chi connectivity index (χ1n) is 9.89. The third-order valence-corrected chi connectivity index (χ3v) is 6.13. The van der Waals surface area contributed by atoms with Crippen LogP contribution in [0.25, 0.3) is 0 Å². The van der Waals surface area contributed by atoms with Crippen LogP contribution in [0.5, 0.6) is 0 Å². The minimum atomic E-state index is -0.596. The number of halogens is 1. The normalized spacial score (nSPS) is 19.1. The fraction of sp³-hybridized carbons (Fsp3) is 0.476. The number of carbonyl (C=O) groups is 2. The zero-order chi connectivity index (χ0) is 19.6. The number of amides is 2. The molecule has 1 aromatic heterocycles. The average Bonchev–Trinajstić information content (AvgIpc) is 3.21. The zero-order valence-electron chi connectivity index (χ0n) is 15.8. The highest BCUT2D eigenvalue weighted by atomic mass is 35.5. The summed E-state index contributed by atoms with van der Waals surface area (Å²) in [5.41, 5.74) is 0.908. The fourth-order valence-electron chi connectivity index (χ4n) is 4.29. The molecular formula is C21H25ClN4O2. The molecule has 1 aliphatic heterocycles. The second-order valence-corrected chi connectivity index (χ2v) is 8.45. The van der Waals surface area contributed by atoms with E-state index in [2.05, 4.69) is 15.3 Å². The van der Waals surface area contributed by atoms with Crippen LogP contribution < -0.4 is 5.32 Å². The molecule has 0 radical (unpaired) electrons. The van der Waals surface area contributed by atoms with E-state index in [1.165, 1.54) is 31.8 Å². The van der Waals surface area contributed by atoms with Gasteiger partial charge in [-0.05, 0) is 37.0 Å². The van der Waals surface area contributed by atoms with Crippen molar-refractivity contribution < 1.29 is 9.59 Å². The lowest BCUT2D eigenvalue weighted by molar-refractivity contribution is -0.140. The Morgan fingerprint density at radius 2 is 1.89 bits per heavy atom. The van der Waals surface area contributed by atoms with Crippen LogP contribution in [-0.2, 0) is 11.2 Å². The third kappa shape index (κ3) is 3.92. The molecule has 1 saturated heterocycles.